The Bertz CT molecular complexity index is 644. The maximum Gasteiger partial charge on any atom is 0.268 e. The lowest BCUT2D eigenvalue weighted by molar-refractivity contribution is 0.0934. The summed E-state index contributed by atoms with van der Waals surface area (Å²) in [6, 6.07) is 6.13. The number of aryl methyl sites for hydroxylation is 2. The Hall–Kier alpha value is -1.81. The van der Waals surface area contributed by atoms with Gasteiger partial charge in [0.2, 0.25) is 0 Å². The van der Waals surface area contributed by atoms with E-state index in [4.69, 9.17) is 0 Å². The molecule has 4 heteroatoms. The van der Waals surface area contributed by atoms with Crippen molar-refractivity contribution < 1.29 is 9.90 Å². The summed E-state index contributed by atoms with van der Waals surface area (Å²) < 4.78 is 0. The van der Waals surface area contributed by atoms with Crippen molar-refractivity contribution in [3.8, 4) is 0 Å². The summed E-state index contributed by atoms with van der Waals surface area (Å²) >= 11 is 0. The van der Waals surface area contributed by atoms with Crippen LogP contribution in [0.4, 0.5) is 0 Å². The highest BCUT2D eigenvalue weighted by Gasteiger charge is 2.15. The SMILES string of the molecule is Cc1ccc2[nH]c(C(=O)NCC(C)CC(C)O)c(C)c2c1. The van der Waals surface area contributed by atoms with E-state index in [0.29, 0.717) is 18.7 Å². The number of carbonyl (C=O) groups is 1. The normalized spacial score (nSPS) is 14.1. The quantitative estimate of drug-likeness (QED) is 0.792. The lowest BCUT2D eigenvalue weighted by Crippen LogP contribution is -2.30. The molecule has 0 fully saturated rings. The highest BCUT2D eigenvalue weighted by atomic mass is 16.3. The lowest BCUT2D eigenvalue weighted by Gasteiger charge is -2.14. The predicted molar refractivity (Wildman–Crippen MR) is 85.6 cm³/mol. The number of benzene rings is 1. The molecule has 0 saturated carbocycles. The van der Waals surface area contributed by atoms with E-state index in [2.05, 4.69) is 16.4 Å². The fourth-order valence-corrected chi connectivity index (χ4v) is 2.69. The maximum atomic E-state index is 12.3. The summed E-state index contributed by atoms with van der Waals surface area (Å²) in [5, 5.41) is 13.4. The van der Waals surface area contributed by atoms with Crippen LogP contribution in [-0.2, 0) is 0 Å². The van der Waals surface area contributed by atoms with E-state index in [1.165, 1.54) is 5.56 Å². The third-order valence-corrected chi connectivity index (χ3v) is 3.80. The molecule has 1 aromatic heterocycles. The Kier molecular flexibility index (Phi) is 4.68. The fourth-order valence-electron chi connectivity index (χ4n) is 2.69. The first-order valence-corrected chi connectivity index (χ1v) is 7.43. The molecule has 0 saturated heterocycles. The zero-order valence-electron chi connectivity index (χ0n) is 13.2. The summed E-state index contributed by atoms with van der Waals surface area (Å²) in [6.45, 7) is 8.37. The summed E-state index contributed by atoms with van der Waals surface area (Å²) in [5.74, 6) is 0.166. The average molecular weight is 288 g/mol. The zero-order chi connectivity index (χ0) is 15.6. The molecule has 0 aliphatic carbocycles. The Labute approximate surface area is 125 Å². The number of aliphatic hydroxyl groups is 1. The molecule has 2 rings (SSSR count). The largest absolute Gasteiger partial charge is 0.393 e. The fraction of sp³-hybridized carbons (Fsp3) is 0.471. The van der Waals surface area contributed by atoms with Gasteiger partial charge in [-0.3, -0.25) is 4.79 Å². The number of carbonyl (C=O) groups excluding carboxylic acids is 1. The van der Waals surface area contributed by atoms with Crippen LogP contribution in [0.15, 0.2) is 18.2 Å². The Morgan fingerprint density at radius 1 is 1.33 bits per heavy atom. The van der Waals surface area contributed by atoms with Gasteiger partial charge in [-0.2, -0.15) is 0 Å². The van der Waals surface area contributed by atoms with Crippen LogP contribution in [0.3, 0.4) is 0 Å². The monoisotopic (exact) mass is 288 g/mol. The second-order valence-electron chi connectivity index (χ2n) is 6.07. The first kappa shape index (κ1) is 15.6. The Morgan fingerprint density at radius 2 is 2.05 bits per heavy atom. The van der Waals surface area contributed by atoms with Gasteiger partial charge in [0.25, 0.3) is 5.91 Å². The highest BCUT2D eigenvalue weighted by molar-refractivity contribution is 6.01. The Morgan fingerprint density at radius 3 is 2.71 bits per heavy atom. The zero-order valence-corrected chi connectivity index (χ0v) is 13.2. The molecule has 3 N–H and O–H groups in total. The molecular weight excluding hydrogens is 264 g/mol. The van der Waals surface area contributed by atoms with Gasteiger partial charge in [0.15, 0.2) is 0 Å². The van der Waals surface area contributed by atoms with Crippen LogP contribution >= 0.6 is 0 Å². The van der Waals surface area contributed by atoms with E-state index in [9.17, 15) is 9.90 Å². The van der Waals surface area contributed by atoms with Crippen molar-refractivity contribution in [2.24, 2.45) is 5.92 Å². The van der Waals surface area contributed by atoms with Crippen LogP contribution in [0.5, 0.6) is 0 Å². The van der Waals surface area contributed by atoms with E-state index < -0.39 is 0 Å². The molecule has 0 bridgehead atoms. The molecule has 2 aromatic rings. The number of aliphatic hydroxyl groups excluding tert-OH is 1. The molecule has 0 aliphatic heterocycles. The highest BCUT2D eigenvalue weighted by Crippen LogP contribution is 2.22. The number of hydrogen-bond donors (Lipinski definition) is 3. The molecule has 0 spiro atoms. The number of hydrogen-bond acceptors (Lipinski definition) is 2. The lowest BCUT2D eigenvalue weighted by atomic mass is 10.0. The number of nitrogens with one attached hydrogen (secondary N) is 2. The van der Waals surface area contributed by atoms with Crippen molar-refractivity contribution in [1.82, 2.24) is 10.3 Å². The molecule has 4 nitrogen and oxygen atoms in total. The van der Waals surface area contributed by atoms with Crippen molar-refractivity contribution in [1.29, 1.82) is 0 Å². The van der Waals surface area contributed by atoms with Crippen molar-refractivity contribution in [3.63, 3.8) is 0 Å². The summed E-state index contributed by atoms with van der Waals surface area (Å²) in [5.41, 5.74) is 3.77. The van der Waals surface area contributed by atoms with Gasteiger partial charge < -0.3 is 15.4 Å². The number of aromatic nitrogens is 1. The molecule has 21 heavy (non-hydrogen) atoms. The number of H-pyrrole nitrogens is 1. The molecule has 0 radical (unpaired) electrons. The van der Waals surface area contributed by atoms with Crippen LogP contribution in [0.1, 0.15) is 41.9 Å². The Balaban J connectivity index is 2.11. The van der Waals surface area contributed by atoms with Crippen LogP contribution in [0.2, 0.25) is 0 Å². The maximum absolute atomic E-state index is 12.3. The smallest absolute Gasteiger partial charge is 0.268 e. The van der Waals surface area contributed by atoms with Gasteiger partial charge in [0.05, 0.1) is 6.10 Å². The topological polar surface area (TPSA) is 65.1 Å². The third kappa shape index (κ3) is 3.64. The average Bonchev–Trinajstić information content (AvgIpc) is 2.73. The van der Waals surface area contributed by atoms with Gasteiger partial charge in [0.1, 0.15) is 5.69 Å². The van der Waals surface area contributed by atoms with E-state index in [1.54, 1.807) is 6.92 Å². The molecule has 1 heterocycles. The van der Waals surface area contributed by atoms with Crippen molar-refractivity contribution in [2.45, 2.75) is 40.2 Å². The minimum absolute atomic E-state index is 0.0844. The summed E-state index contributed by atoms with van der Waals surface area (Å²) in [6.07, 6.45) is 0.347. The van der Waals surface area contributed by atoms with Crippen molar-refractivity contribution in [2.75, 3.05) is 6.54 Å². The van der Waals surface area contributed by atoms with Crippen LogP contribution in [0, 0.1) is 19.8 Å². The van der Waals surface area contributed by atoms with Crippen LogP contribution < -0.4 is 5.32 Å². The van der Waals surface area contributed by atoms with Gasteiger partial charge in [-0.25, -0.2) is 0 Å². The number of aromatic amines is 1. The number of fused-ring (bicyclic) bond motifs is 1. The molecule has 1 aromatic carbocycles. The predicted octanol–water partition coefficient (Wildman–Crippen LogP) is 2.92. The molecule has 2 atom stereocenters. The van der Waals surface area contributed by atoms with E-state index in [0.717, 1.165) is 16.5 Å². The van der Waals surface area contributed by atoms with Gasteiger partial charge >= 0.3 is 0 Å². The first-order chi connectivity index (χ1) is 9.88. The number of rotatable bonds is 5. The van der Waals surface area contributed by atoms with E-state index in [-0.39, 0.29) is 17.9 Å². The molecule has 114 valence electrons. The van der Waals surface area contributed by atoms with Gasteiger partial charge in [0, 0.05) is 17.4 Å². The minimum atomic E-state index is -0.338. The molecule has 0 aliphatic rings. The van der Waals surface area contributed by atoms with Crippen LogP contribution in [-0.4, -0.2) is 28.6 Å². The standard InChI is InChI=1S/C17H24N2O2/c1-10-5-6-15-14(8-10)13(4)16(19-15)17(21)18-9-11(2)7-12(3)20/h5-6,8,11-12,19-20H,7,9H2,1-4H3,(H,18,21). The minimum Gasteiger partial charge on any atom is -0.393 e. The number of amides is 1. The molecular formula is C17H24N2O2. The first-order valence-electron chi connectivity index (χ1n) is 7.43. The van der Waals surface area contributed by atoms with Crippen LogP contribution in [0.25, 0.3) is 10.9 Å². The van der Waals surface area contributed by atoms with E-state index >= 15 is 0 Å². The van der Waals surface area contributed by atoms with Crippen molar-refractivity contribution in [3.05, 3.63) is 35.0 Å². The van der Waals surface area contributed by atoms with E-state index in [1.807, 2.05) is 32.9 Å². The summed E-state index contributed by atoms with van der Waals surface area (Å²) in [7, 11) is 0. The van der Waals surface area contributed by atoms with Gasteiger partial charge in [-0.15, -0.1) is 0 Å². The second-order valence-corrected chi connectivity index (χ2v) is 6.07. The molecule has 1 amide bonds. The van der Waals surface area contributed by atoms with Gasteiger partial charge in [-0.1, -0.05) is 18.6 Å². The third-order valence-electron chi connectivity index (χ3n) is 3.80. The molecule has 2 unspecified atom stereocenters. The van der Waals surface area contributed by atoms with Gasteiger partial charge in [-0.05, 0) is 50.8 Å². The van der Waals surface area contributed by atoms with Crippen molar-refractivity contribution >= 4 is 16.8 Å². The second kappa shape index (κ2) is 6.31. The summed E-state index contributed by atoms with van der Waals surface area (Å²) in [4.78, 5) is 15.5.